The van der Waals surface area contributed by atoms with Crippen molar-refractivity contribution in [1.82, 2.24) is 0 Å². The van der Waals surface area contributed by atoms with Crippen LogP contribution in [-0.4, -0.2) is 0 Å². The SMILES string of the molecule is N#Cc1ccc([C@H](N)C2CC2)cc1Br. The number of hydrogen-bond acceptors (Lipinski definition) is 2. The van der Waals surface area contributed by atoms with Gasteiger partial charge in [-0.2, -0.15) is 5.26 Å². The van der Waals surface area contributed by atoms with Gasteiger partial charge in [0.2, 0.25) is 0 Å². The average molecular weight is 251 g/mol. The van der Waals surface area contributed by atoms with Crippen molar-refractivity contribution in [3.8, 4) is 6.07 Å². The van der Waals surface area contributed by atoms with Crippen molar-refractivity contribution in [2.45, 2.75) is 18.9 Å². The molecule has 0 aromatic heterocycles. The highest BCUT2D eigenvalue weighted by molar-refractivity contribution is 9.10. The third-order valence-corrected chi connectivity index (χ3v) is 3.28. The lowest BCUT2D eigenvalue weighted by molar-refractivity contribution is 0.633. The van der Waals surface area contributed by atoms with Gasteiger partial charge in [0.05, 0.1) is 5.56 Å². The zero-order chi connectivity index (χ0) is 10.1. The van der Waals surface area contributed by atoms with Gasteiger partial charge in [0.25, 0.3) is 0 Å². The first-order chi connectivity index (χ1) is 6.72. The molecule has 0 unspecified atom stereocenters. The van der Waals surface area contributed by atoms with E-state index in [9.17, 15) is 0 Å². The van der Waals surface area contributed by atoms with E-state index in [4.69, 9.17) is 11.0 Å². The van der Waals surface area contributed by atoms with Crippen LogP contribution in [0.15, 0.2) is 22.7 Å². The predicted octanol–water partition coefficient (Wildman–Crippen LogP) is 2.73. The number of hydrogen-bond donors (Lipinski definition) is 1. The number of rotatable bonds is 2. The molecule has 0 spiro atoms. The summed E-state index contributed by atoms with van der Waals surface area (Å²) in [6.45, 7) is 0. The Morgan fingerprint density at radius 1 is 1.50 bits per heavy atom. The first-order valence-corrected chi connectivity index (χ1v) is 5.47. The molecule has 0 amide bonds. The summed E-state index contributed by atoms with van der Waals surface area (Å²) in [5, 5.41) is 8.76. The summed E-state index contributed by atoms with van der Waals surface area (Å²) in [7, 11) is 0. The van der Waals surface area contributed by atoms with Crippen molar-refractivity contribution in [3.63, 3.8) is 0 Å². The largest absolute Gasteiger partial charge is 0.324 e. The van der Waals surface area contributed by atoms with E-state index in [1.165, 1.54) is 12.8 Å². The Balaban J connectivity index is 2.28. The summed E-state index contributed by atoms with van der Waals surface area (Å²) >= 11 is 3.37. The van der Waals surface area contributed by atoms with Crippen LogP contribution in [-0.2, 0) is 0 Å². The van der Waals surface area contributed by atoms with Gasteiger partial charge in [-0.15, -0.1) is 0 Å². The van der Waals surface area contributed by atoms with Crippen LogP contribution in [0.25, 0.3) is 0 Å². The van der Waals surface area contributed by atoms with Crippen LogP contribution in [0.4, 0.5) is 0 Å². The van der Waals surface area contributed by atoms with Crippen LogP contribution >= 0.6 is 15.9 Å². The minimum absolute atomic E-state index is 0.138. The van der Waals surface area contributed by atoms with Crippen LogP contribution in [0.3, 0.4) is 0 Å². The lowest BCUT2D eigenvalue weighted by atomic mass is 10.0. The molecule has 1 saturated carbocycles. The van der Waals surface area contributed by atoms with Gasteiger partial charge in [0.15, 0.2) is 0 Å². The molecular weight excluding hydrogens is 240 g/mol. The van der Waals surface area contributed by atoms with Crippen LogP contribution < -0.4 is 5.73 Å². The Kier molecular flexibility index (Phi) is 2.58. The Bertz CT molecular complexity index is 391. The molecule has 0 bridgehead atoms. The molecule has 14 heavy (non-hydrogen) atoms. The number of benzene rings is 1. The third kappa shape index (κ3) is 1.82. The number of nitrogens with zero attached hydrogens (tertiary/aromatic N) is 1. The molecule has 1 aliphatic carbocycles. The van der Waals surface area contributed by atoms with E-state index in [-0.39, 0.29) is 6.04 Å². The molecular formula is C11H11BrN2. The number of nitrogens with two attached hydrogens (primary N) is 1. The summed E-state index contributed by atoms with van der Waals surface area (Å²) in [6.07, 6.45) is 2.47. The average Bonchev–Trinajstić information content (AvgIpc) is 3.00. The smallest absolute Gasteiger partial charge is 0.100 e. The van der Waals surface area contributed by atoms with E-state index < -0.39 is 0 Å². The van der Waals surface area contributed by atoms with Gasteiger partial charge in [-0.1, -0.05) is 6.07 Å². The molecule has 1 atom stereocenters. The molecule has 1 aromatic carbocycles. The van der Waals surface area contributed by atoms with Gasteiger partial charge in [0, 0.05) is 10.5 Å². The highest BCUT2D eigenvalue weighted by atomic mass is 79.9. The lowest BCUT2D eigenvalue weighted by Crippen LogP contribution is -2.12. The molecule has 2 rings (SSSR count). The summed E-state index contributed by atoms with van der Waals surface area (Å²) < 4.78 is 0.841. The molecule has 3 heteroatoms. The molecule has 0 heterocycles. The summed E-state index contributed by atoms with van der Waals surface area (Å²) in [4.78, 5) is 0. The maximum atomic E-state index is 8.76. The molecule has 2 N–H and O–H groups in total. The fourth-order valence-corrected chi connectivity index (χ4v) is 2.04. The van der Waals surface area contributed by atoms with Crippen LogP contribution in [0.5, 0.6) is 0 Å². The number of nitriles is 1. The van der Waals surface area contributed by atoms with E-state index in [0.717, 1.165) is 10.0 Å². The second-order valence-electron chi connectivity index (χ2n) is 3.71. The second-order valence-corrected chi connectivity index (χ2v) is 4.57. The lowest BCUT2D eigenvalue weighted by Gasteiger charge is -2.11. The highest BCUT2D eigenvalue weighted by Gasteiger charge is 2.29. The van der Waals surface area contributed by atoms with Crippen molar-refractivity contribution >= 4 is 15.9 Å². The summed E-state index contributed by atoms with van der Waals surface area (Å²) in [5.74, 6) is 0.648. The fourth-order valence-electron chi connectivity index (χ4n) is 1.56. The third-order valence-electron chi connectivity index (χ3n) is 2.63. The highest BCUT2D eigenvalue weighted by Crippen LogP contribution is 2.40. The van der Waals surface area contributed by atoms with Crippen molar-refractivity contribution in [2.75, 3.05) is 0 Å². The molecule has 1 aliphatic rings. The minimum Gasteiger partial charge on any atom is -0.324 e. The van der Waals surface area contributed by atoms with E-state index in [1.54, 1.807) is 0 Å². The maximum Gasteiger partial charge on any atom is 0.100 e. The summed E-state index contributed by atoms with van der Waals surface area (Å²) in [6, 6.07) is 7.99. The normalized spacial score (nSPS) is 17.5. The predicted molar refractivity (Wildman–Crippen MR) is 58.5 cm³/mol. The van der Waals surface area contributed by atoms with Gasteiger partial charge in [-0.3, -0.25) is 0 Å². The monoisotopic (exact) mass is 250 g/mol. The van der Waals surface area contributed by atoms with E-state index >= 15 is 0 Å². The van der Waals surface area contributed by atoms with Crippen LogP contribution in [0, 0.1) is 17.2 Å². The molecule has 1 aromatic rings. The minimum atomic E-state index is 0.138. The van der Waals surface area contributed by atoms with Crippen molar-refractivity contribution in [3.05, 3.63) is 33.8 Å². The van der Waals surface area contributed by atoms with Gasteiger partial charge in [0.1, 0.15) is 6.07 Å². The molecule has 0 saturated heterocycles. The van der Waals surface area contributed by atoms with Gasteiger partial charge in [-0.25, -0.2) is 0 Å². The van der Waals surface area contributed by atoms with Crippen molar-refractivity contribution in [1.29, 1.82) is 5.26 Å². The molecule has 72 valence electrons. The zero-order valence-electron chi connectivity index (χ0n) is 7.70. The fraction of sp³-hybridized carbons (Fsp3) is 0.364. The molecule has 0 radical (unpaired) electrons. The van der Waals surface area contributed by atoms with Gasteiger partial charge < -0.3 is 5.73 Å². The van der Waals surface area contributed by atoms with Crippen molar-refractivity contribution in [2.24, 2.45) is 11.7 Å². The Labute approximate surface area is 91.9 Å². The first-order valence-electron chi connectivity index (χ1n) is 4.67. The van der Waals surface area contributed by atoms with E-state index in [0.29, 0.717) is 11.5 Å². The number of halogens is 1. The van der Waals surface area contributed by atoms with Crippen LogP contribution in [0.1, 0.15) is 30.0 Å². The standard InChI is InChI=1S/C11H11BrN2/c12-10-5-8(3-4-9(10)6-13)11(14)7-1-2-7/h3-5,7,11H,1-2,14H2/t11-/m1/s1. The van der Waals surface area contributed by atoms with Crippen LogP contribution in [0.2, 0.25) is 0 Å². The second kappa shape index (κ2) is 3.72. The van der Waals surface area contributed by atoms with Gasteiger partial charge >= 0.3 is 0 Å². The maximum absolute atomic E-state index is 8.76. The quantitative estimate of drug-likeness (QED) is 0.878. The van der Waals surface area contributed by atoms with E-state index in [2.05, 4.69) is 22.0 Å². The zero-order valence-corrected chi connectivity index (χ0v) is 9.29. The summed E-state index contributed by atoms with van der Waals surface area (Å²) in [5.41, 5.74) is 7.84. The Hall–Kier alpha value is -0.850. The first kappa shape index (κ1) is 9.70. The van der Waals surface area contributed by atoms with Gasteiger partial charge in [-0.05, 0) is 52.4 Å². The Morgan fingerprint density at radius 2 is 2.21 bits per heavy atom. The van der Waals surface area contributed by atoms with E-state index in [1.807, 2.05) is 18.2 Å². The molecule has 2 nitrogen and oxygen atoms in total. The molecule has 1 fully saturated rings. The van der Waals surface area contributed by atoms with Crippen molar-refractivity contribution < 1.29 is 0 Å². The molecule has 0 aliphatic heterocycles. The Morgan fingerprint density at radius 3 is 2.71 bits per heavy atom. The topological polar surface area (TPSA) is 49.8 Å².